The van der Waals surface area contributed by atoms with Crippen LogP contribution >= 0.6 is 0 Å². The van der Waals surface area contributed by atoms with Crippen LogP contribution in [0.3, 0.4) is 0 Å². The molecule has 1 aliphatic rings. The molecule has 3 heterocycles. The van der Waals surface area contributed by atoms with Crippen molar-refractivity contribution in [2.75, 3.05) is 7.05 Å². The number of nitrogens with one attached hydrogen (secondary N) is 1. The summed E-state index contributed by atoms with van der Waals surface area (Å²) in [4.78, 5) is 14.4. The monoisotopic (exact) mass is 317 g/mol. The van der Waals surface area contributed by atoms with Crippen LogP contribution in [-0.4, -0.2) is 43.9 Å². The molecule has 23 heavy (non-hydrogen) atoms. The second-order valence-electron chi connectivity index (χ2n) is 6.12. The summed E-state index contributed by atoms with van der Waals surface area (Å²) in [6, 6.07) is 0. The summed E-state index contributed by atoms with van der Waals surface area (Å²) in [7, 11) is 1.79. The molecule has 0 radical (unpaired) electrons. The Kier molecular flexibility index (Phi) is 4.21. The molecule has 0 aliphatic carbocycles. The van der Waals surface area contributed by atoms with Crippen molar-refractivity contribution in [3.8, 4) is 0 Å². The second kappa shape index (κ2) is 6.16. The van der Waals surface area contributed by atoms with Crippen LogP contribution in [0.15, 0.2) is 12.4 Å². The quantitative estimate of drug-likeness (QED) is 0.935. The van der Waals surface area contributed by atoms with E-state index in [0.29, 0.717) is 18.7 Å². The first-order chi connectivity index (χ1) is 11.0. The number of rotatable bonds is 4. The van der Waals surface area contributed by atoms with Crippen LogP contribution in [-0.2, 0) is 24.2 Å². The first-order valence-electron chi connectivity index (χ1n) is 7.99. The van der Waals surface area contributed by atoms with Gasteiger partial charge in [0.15, 0.2) is 5.69 Å². The number of aromatic amines is 1. The van der Waals surface area contributed by atoms with Crippen molar-refractivity contribution in [1.29, 1.82) is 0 Å². The Bertz CT molecular complexity index is 705. The van der Waals surface area contributed by atoms with Crippen LogP contribution in [0.25, 0.3) is 0 Å². The Labute approximate surface area is 135 Å². The van der Waals surface area contributed by atoms with Gasteiger partial charge >= 0.3 is 0 Å². The molecule has 7 nitrogen and oxygen atoms in total. The van der Waals surface area contributed by atoms with Gasteiger partial charge in [-0.1, -0.05) is 0 Å². The number of ether oxygens (including phenoxy) is 1. The van der Waals surface area contributed by atoms with Crippen molar-refractivity contribution in [2.45, 2.75) is 52.5 Å². The van der Waals surface area contributed by atoms with Gasteiger partial charge in [0.25, 0.3) is 5.91 Å². The Balaban J connectivity index is 1.78. The minimum atomic E-state index is -0.0759. The number of H-pyrrole nitrogens is 1. The van der Waals surface area contributed by atoms with Gasteiger partial charge in [0, 0.05) is 43.9 Å². The number of aromatic nitrogens is 4. The highest BCUT2D eigenvalue weighted by atomic mass is 16.5. The van der Waals surface area contributed by atoms with Gasteiger partial charge in [-0.2, -0.15) is 10.2 Å². The van der Waals surface area contributed by atoms with Crippen molar-refractivity contribution in [1.82, 2.24) is 24.9 Å². The van der Waals surface area contributed by atoms with E-state index in [2.05, 4.69) is 15.3 Å². The van der Waals surface area contributed by atoms with Crippen molar-refractivity contribution in [2.24, 2.45) is 0 Å². The van der Waals surface area contributed by atoms with Gasteiger partial charge in [0.05, 0.1) is 24.1 Å². The lowest BCUT2D eigenvalue weighted by atomic mass is 9.99. The number of hydrogen-bond donors (Lipinski definition) is 1. The number of carbonyl (C=O) groups is 1. The van der Waals surface area contributed by atoms with E-state index in [-0.39, 0.29) is 18.1 Å². The Hall–Kier alpha value is -2.15. The van der Waals surface area contributed by atoms with E-state index in [0.717, 1.165) is 23.4 Å². The zero-order valence-electron chi connectivity index (χ0n) is 14.0. The topological polar surface area (TPSA) is 76.0 Å². The second-order valence-corrected chi connectivity index (χ2v) is 6.12. The SMILES string of the molecule is CCn1cc(CN(C)C(=O)c2n[nH]c3c2C[C@H](C)O[C@@H]3C)cn1. The van der Waals surface area contributed by atoms with Gasteiger partial charge in [-0.15, -0.1) is 0 Å². The number of amides is 1. The highest BCUT2D eigenvalue weighted by Gasteiger charge is 2.30. The van der Waals surface area contributed by atoms with Gasteiger partial charge in [0.2, 0.25) is 0 Å². The fourth-order valence-electron chi connectivity index (χ4n) is 3.04. The van der Waals surface area contributed by atoms with E-state index < -0.39 is 0 Å². The molecule has 0 saturated heterocycles. The van der Waals surface area contributed by atoms with E-state index in [1.54, 1.807) is 18.1 Å². The maximum atomic E-state index is 12.7. The third-order valence-corrected chi connectivity index (χ3v) is 4.21. The van der Waals surface area contributed by atoms with Gasteiger partial charge in [-0.3, -0.25) is 14.6 Å². The van der Waals surface area contributed by atoms with E-state index in [1.165, 1.54) is 0 Å². The number of aryl methyl sites for hydroxylation is 1. The summed E-state index contributed by atoms with van der Waals surface area (Å²) in [6.07, 6.45) is 4.50. The Morgan fingerprint density at radius 1 is 1.52 bits per heavy atom. The molecular formula is C16H23N5O2. The normalized spacial score (nSPS) is 20.3. The summed E-state index contributed by atoms with van der Waals surface area (Å²) >= 11 is 0. The van der Waals surface area contributed by atoms with E-state index >= 15 is 0 Å². The molecule has 7 heteroatoms. The zero-order chi connectivity index (χ0) is 16.6. The minimum Gasteiger partial charge on any atom is -0.369 e. The summed E-state index contributed by atoms with van der Waals surface area (Å²) in [6.45, 7) is 7.36. The molecule has 1 aliphatic heterocycles. The average molecular weight is 317 g/mol. The third kappa shape index (κ3) is 3.01. The first-order valence-corrected chi connectivity index (χ1v) is 7.99. The van der Waals surface area contributed by atoms with Crippen molar-refractivity contribution < 1.29 is 9.53 Å². The summed E-state index contributed by atoms with van der Waals surface area (Å²) in [5.74, 6) is -0.0759. The molecule has 0 fully saturated rings. The smallest absolute Gasteiger partial charge is 0.274 e. The number of hydrogen-bond acceptors (Lipinski definition) is 4. The standard InChI is InChI=1S/C16H23N5O2/c1-5-21-9-12(7-17-21)8-20(4)16(22)15-13-6-10(2)23-11(3)14(13)18-19-15/h7,9-11H,5-6,8H2,1-4H3,(H,18,19)/t10-,11+/m0/s1. The van der Waals surface area contributed by atoms with Crippen LogP contribution in [0.4, 0.5) is 0 Å². The summed E-state index contributed by atoms with van der Waals surface area (Å²) in [5.41, 5.74) is 3.42. The number of carbonyl (C=O) groups excluding carboxylic acids is 1. The molecular weight excluding hydrogens is 294 g/mol. The predicted octanol–water partition coefficient (Wildman–Crippen LogP) is 1.92. The van der Waals surface area contributed by atoms with E-state index in [4.69, 9.17) is 4.74 Å². The Morgan fingerprint density at radius 3 is 3.00 bits per heavy atom. The fraction of sp³-hybridized carbons (Fsp3) is 0.562. The minimum absolute atomic E-state index is 0.0594. The van der Waals surface area contributed by atoms with Crippen molar-refractivity contribution in [3.63, 3.8) is 0 Å². The molecule has 3 rings (SSSR count). The number of fused-ring (bicyclic) bond motifs is 1. The number of nitrogens with zero attached hydrogens (tertiary/aromatic N) is 4. The van der Waals surface area contributed by atoms with Gasteiger partial charge < -0.3 is 9.64 Å². The maximum Gasteiger partial charge on any atom is 0.274 e. The average Bonchev–Trinajstić information content (AvgIpc) is 3.13. The lowest BCUT2D eigenvalue weighted by Gasteiger charge is -2.25. The fourth-order valence-corrected chi connectivity index (χ4v) is 3.04. The molecule has 0 spiro atoms. The van der Waals surface area contributed by atoms with Crippen LogP contribution < -0.4 is 0 Å². The molecule has 0 bridgehead atoms. The van der Waals surface area contributed by atoms with E-state index in [9.17, 15) is 4.79 Å². The maximum absolute atomic E-state index is 12.7. The van der Waals surface area contributed by atoms with Gasteiger partial charge in [-0.05, 0) is 20.8 Å². The molecule has 0 aromatic carbocycles. The molecule has 124 valence electrons. The van der Waals surface area contributed by atoms with E-state index in [1.807, 2.05) is 31.6 Å². The van der Waals surface area contributed by atoms with Crippen LogP contribution in [0.1, 0.15) is 54.2 Å². The van der Waals surface area contributed by atoms with Crippen molar-refractivity contribution >= 4 is 5.91 Å². The summed E-state index contributed by atoms with van der Waals surface area (Å²) < 4.78 is 7.62. The lowest BCUT2D eigenvalue weighted by Crippen LogP contribution is -2.29. The molecule has 2 aromatic heterocycles. The Morgan fingerprint density at radius 2 is 2.30 bits per heavy atom. The van der Waals surface area contributed by atoms with Crippen LogP contribution in [0.2, 0.25) is 0 Å². The molecule has 1 amide bonds. The van der Waals surface area contributed by atoms with Crippen LogP contribution in [0, 0.1) is 0 Å². The van der Waals surface area contributed by atoms with Gasteiger partial charge in [0.1, 0.15) is 0 Å². The molecule has 0 saturated carbocycles. The first kappa shape index (κ1) is 15.7. The molecule has 0 unspecified atom stereocenters. The van der Waals surface area contributed by atoms with Gasteiger partial charge in [-0.25, -0.2) is 0 Å². The summed E-state index contributed by atoms with van der Waals surface area (Å²) in [5, 5.41) is 11.5. The zero-order valence-corrected chi connectivity index (χ0v) is 14.0. The highest BCUT2D eigenvalue weighted by molar-refractivity contribution is 5.93. The van der Waals surface area contributed by atoms with Crippen LogP contribution in [0.5, 0.6) is 0 Å². The lowest BCUT2D eigenvalue weighted by molar-refractivity contribution is -0.00701. The molecule has 2 aromatic rings. The molecule has 1 N–H and O–H groups in total. The molecule has 2 atom stereocenters. The highest BCUT2D eigenvalue weighted by Crippen LogP contribution is 2.30. The van der Waals surface area contributed by atoms with Crippen molar-refractivity contribution in [3.05, 3.63) is 34.9 Å². The largest absolute Gasteiger partial charge is 0.369 e. The third-order valence-electron chi connectivity index (χ3n) is 4.21. The predicted molar refractivity (Wildman–Crippen MR) is 85.0 cm³/mol.